The first kappa shape index (κ1) is 17.9. The minimum absolute atomic E-state index is 0.144. The molecule has 6 heteroatoms. The second-order valence-electron chi connectivity index (χ2n) is 6.90. The Morgan fingerprint density at radius 3 is 2.50 bits per heavy atom. The Morgan fingerprint density at radius 2 is 1.71 bits per heavy atom. The zero-order chi connectivity index (χ0) is 19.8. The Balaban J connectivity index is 1.72. The fraction of sp³-hybridized carbons (Fsp3) is 0.182. The van der Waals surface area contributed by atoms with Gasteiger partial charge in [-0.3, -0.25) is 9.59 Å². The highest BCUT2D eigenvalue weighted by molar-refractivity contribution is 5.97. The molecule has 0 N–H and O–H groups in total. The number of para-hydroxylation sites is 1. The van der Waals surface area contributed by atoms with Crippen molar-refractivity contribution in [3.05, 3.63) is 87.5 Å². The molecule has 2 aromatic heterocycles. The summed E-state index contributed by atoms with van der Waals surface area (Å²) in [6, 6.07) is 16.9. The lowest BCUT2D eigenvalue weighted by atomic mass is 10.1. The number of hydrogen-bond acceptors (Lipinski definition) is 4. The third-order valence-corrected chi connectivity index (χ3v) is 5.01. The summed E-state index contributed by atoms with van der Waals surface area (Å²) < 4.78 is 3.20. The molecule has 0 atom stereocenters. The summed E-state index contributed by atoms with van der Waals surface area (Å²) in [7, 11) is 0. The summed E-state index contributed by atoms with van der Waals surface area (Å²) >= 11 is 0. The maximum Gasteiger partial charge on any atom is 0.278 e. The predicted octanol–water partition coefficient (Wildman–Crippen LogP) is 3.39. The van der Waals surface area contributed by atoms with E-state index in [1.807, 2.05) is 51.1 Å². The van der Waals surface area contributed by atoms with Gasteiger partial charge in [-0.25, -0.2) is 4.68 Å². The molecule has 0 amide bonds. The largest absolute Gasteiger partial charge is 0.317 e. The van der Waals surface area contributed by atoms with Crippen molar-refractivity contribution in [1.29, 1.82) is 0 Å². The van der Waals surface area contributed by atoms with Crippen LogP contribution in [0.1, 0.15) is 27.3 Å². The molecule has 140 valence electrons. The van der Waals surface area contributed by atoms with Crippen LogP contribution in [0.15, 0.2) is 59.4 Å². The van der Waals surface area contributed by atoms with E-state index in [2.05, 4.69) is 14.9 Å². The Hall–Kier alpha value is -3.54. The van der Waals surface area contributed by atoms with Crippen molar-refractivity contribution >= 4 is 16.7 Å². The molecule has 0 fully saturated rings. The second kappa shape index (κ2) is 6.88. The molecule has 4 aromatic rings. The summed E-state index contributed by atoms with van der Waals surface area (Å²) in [6.45, 7) is 5.79. The van der Waals surface area contributed by atoms with Gasteiger partial charge in [-0.15, -0.1) is 5.10 Å². The standard InChI is InChI=1S/C22H20N4O2/c1-14-8-4-7-11-20(14)26-15(2)12-18(16(26)3)21(27)13-25-22(28)17-9-5-6-10-19(17)23-24-25/h4-12H,13H2,1-3H3. The smallest absolute Gasteiger partial charge is 0.278 e. The van der Waals surface area contributed by atoms with Crippen LogP contribution in [0.3, 0.4) is 0 Å². The van der Waals surface area contributed by atoms with E-state index in [4.69, 9.17) is 0 Å². The number of nitrogens with zero attached hydrogens (tertiary/aromatic N) is 4. The fourth-order valence-corrected chi connectivity index (χ4v) is 3.58. The number of aryl methyl sites for hydroxylation is 2. The summed E-state index contributed by atoms with van der Waals surface area (Å²) in [4.78, 5) is 25.6. The first-order valence-corrected chi connectivity index (χ1v) is 9.08. The van der Waals surface area contributed by atoms with Crippen molar-refractivity contribution in [3.63, 3.8) is 0 Å². The van der Waals surface area contributed by atoms with Crippen LogP contribution in [-0.4, -0.2) is 25.3 Å². The van der Waals surface area contributed by atoms with Crippen molar-refractivity contribution in [3.8, 4) is 5.69 Å². The molecule has 0 saturated carbocycles. The minimum atomic E-state index is -0.313. The van der Waals surface area contributed by atoms with Crippen LogP contribution in [-0.2, 0) is 6.54 Å². The van der Waals surface area contributed by atoms with Crippen molar-refractivity contribution in [2.75, 3.05) is 0 Å². The molecule has 0 bridgehead atoms. The third kappa shape index (κ3) is 2.93. The van der Waals surface area contributed by atoms with E-state index >= 15 is 0 Å². The molecular formula is C22H20N4O2. The van der Waals surface area contributed by atoms with Crippen LogP contribution in [0.2, 0.25) is 0 Å². The molecular weight excluding hydrogens is 352 g/mol. The maximum atomic E-state index is 13.0. The number of benzene rings is 2. The molecule has 0 saturated heterocycles. The zero-order valence-electron chi connectivity index (χ0n) is 16.0. The SMILES string of the molecule is Cc1ccccc1-n1c(C)cc(C(=O)Cn2nnc3ccccc3c2=O)c1C. The van der Waals surface area contributed by atoms with Crippen LogP contribution < -0.4 is 5.56 Å². The molecule has 2 aromatic carbocycles. The van der Waals surface area contributed by atoms with Gasteiger partial charge >= 0.3 is 0 Å². The minimum Gasteiger partial charge on any atom is -0.317 e. The Kier molecular flexibility index (Phi) is 4.39. The normalized spacial score (nSPS) is 11.1. The number of aromatic nitrogens is 4. The van der Waals surface area contributed by atoms with E-state index in [1.165, 1.54) is 0 Å². The third-order valence-electron chi connectivity index (χ3n) is 5.01. The van der Waals surface area contributed by atoms with Gasteiger partial charge in [0.15, 0.2) is 5.78 Å². The quantitative estimate of drug-likeness (QED) is 0.515. The molecule has 0 spiro atoms. The van der Waals surface area contributed by atoms with Crippen LogP contribution in [0, 0.1) is 20.8 Å². The van der Waals surface area contributed by atoms with Crippen LogP contribution >= 0.6 is 0 Å². The summed E-state index contributed by atoms with van der Waals surface area (Å²) in [5.41, 5.74) is 4.77. The lowest BCUT2D eigenvalue weighted by Crippen LogP contribution is -2.28. The van der Waals surface area contributed by atoms with Crippen molar-refractivity contribution in [1.82, 2.24) is 19.6 Å². The molecule has 0 aliphatic rings. The van der Waals surface area contributed by atoms with Gasteiger partial charge < -0.3 is 4.57 Å². The van der Waals surface area contributed by atoms with Crippen LogP contribution in [0.5, 0.6) is 0 Å². The number of carbonyl (C=O) groups excluding carboxylic acids is 1. The van der Waals surface area contributed by atoms with E-state index in [0.29, 0.717) is 16.5 Å². The van der Waals surface area contributed by atoms with Gasteiger partial charge in [0, 0.05) is 22.6 Å². The summed E-state index contributed by atoms with van der Waals surface area (Å²) in [5.74, 6) is -0.167. The highest BCUT2D eigenvalue weighted by atomic mass is 16.1. The Morgan fingerprint density at radius 1 is 1.00 bits per heavy atom. The summed E-state index contributed by atoms with van der Waals surface area (Å²) in [5, 5.41) is 8.43. The van der Waals surface area contributed by atoms with Crippen molar-refractivity contribution < 1.29 is 4.79 Å². The number of carbonyl (C=O) groups is 1. The van der Waals surface area contributed by atoms with Gasteiger partial charge in [0.1, 0.15) is 12.1 Å². The first-order chi connectivity index (χ1) is 13.5. The molecule has 0 aliphatic heterocycles. The lowest BCUT2D eigenvalue weighted by molar-refractivity contribution is 0.0964. The zero-order valence-corrected chi connectivity index (χ0v) is 16.0. The Labute approximate surface area is 162 Å². The highest BCUT2D eigenvalue weighted by Gasteiger charge is 2.19. The van der Waals surface area contributed by atoms with Crippen LogP contribution in [0.25, 0.3) is 16.6 Å². The van der Waals surface area contributed by atoms with E-state index in [9.17, 15) is 9.59 Å². The average molecular weight is 372 g/mol. The number of fused-ring (bicyclic) bond motifs is 1. The van der Waals surface area contributed by atoms with Gasteiger partial charge in [0.2, 0.25) is 0 Å². The molecule has 6 nitrogen and oxygen atoms in total. The lowest BCUT2D eigenvalue weighted by Gasteiger charge is -2.12. The van der Waals surface area contributed by atoms with Gasteiger partial charge in [-0.1, -0.05) is 35.5 Å². The molecule has 0 aliphatic carbocycles. The van der Waals surface area contributed by atoms with Gasteiger partial charge in [0.05, 0.1) is 5.39 Å². The number of rotatable bonds is 4. The maximum absolute atomic E-state index is 13.0. The number of Topliss-reactive ketones (excluding diaryl/α,β-unsaturated/α-hetero) is 1. The average Bonchev–Trinajstić information content (AvgIpc) is 2.99. The molecule has 2 heterocycles. The Bertz CT molecular complexity index is 1270. The van der Waals surface area contributed by atoms with Crippen molar-refractivity contribution in [2.24, 2.45) is 0 Å². The second-order valence-corrected chi connectivity index (χ2v) is 6.90. The topological polar surface area (TPSA) is 69.8 Å². The van der Waals surface area contributed by atoms with Gasteiger partial charge in [0.25, 0.3) is 5.56 Å². The molecule has 0 unspecified atom stereocenters. The van der Waals surface area contributed by atoms with Crippen LogP contribution in [0.4, 0.5) is 0 Å². The van der Waals surface area contributed by atoms with Gasteiger partial charge in [-0.2, -0.15) is 0 Å². The monoisotopic (exact) mass is 372 g/mol. The summed E-state index contributed by atoms with van der Waals surface area (Å²) in [6.07, 6.45) is 0. The molecule has 4 rings (SSSR count). The molecule has 28 heavy (non-hydrogen) atoms. The van der Waals surface area contributed by atoms with E-state index in [1.54, 1.807) is 24.3 Å². The highest BCUT2D eigenvalue weighted by Crippen LogP contribution is 2.23. The first-order valence-electron chi connectivity index (χ1n) is 9.08. The number of hydrogen-bond donors (Lipinski definition) is 0. The van der Waals surface area contributed by atoms with Crippen molar-refractivity contribution in [2.45, 2.75) is 27.3 Å². The van der Waals surface area contributed by atoms with E-state index < -0.39 is 0 Å². The number of ketones is 1. The predicted molar refractivity (Wildman–Crippen MR) is 108 cm³/mol. The fourth-order valence-electron chi connectivity index (χ4n) is 3.58. The molecule has 0 radical (unpaired) electrons. The van der Waals surface area contributed by atoms with E-state index in [0.717, 1.165) is 27.3 Å². The van der Waals surface area contributed by atoms with Gasteiger partial charge in [-0.05, 0) is 50.6 Å². The van der Waals surface area contributed by atoms with E-state index in [-0.39, 0.29) is 17.9 Å².